The number of anilines is 3. The maximum atomic E-state index is 2.55. The molecule has 2 heteroatoms. The van der Waals surface area contributed by atoms with Gasteiger partial charge in [0.15, 0.2) is 0 Å². The van der Waals surface area contributed by atoms with Crippen LogP contribution in [0.4, 0.5) is 17.1 Å². The van der Waals surface area contributed by atoms with Crippen LogP contribution in [0, 0.1) is 0 Å². The second kappa shape index (κ2) is 13.7. The van der Waals surface area contributed by atoms with Crippen LogP contribution >= 0.6 is 11.8 Å². The van der Waals surface area contributed by atoms with Crippen LogP contribution in [0.15, 0.2) is 186 Å². The highest BCUT2D eigenvalue weighted by Crippen LogP contribution is 2.63. The van der Waals surface area contributed by atoms with E-state index >= 15 is 0 Å². The number of benzene rings is 8. The van der Waals surface area contributed by atoms with E-state index in [4.69, 9.17) is 0 Å². The summed E-state index contributed by atoms with van der Waals surface area (Å²) in [6.45, 7) is 18.8. The zero-order valence-electron chi connectivity index (χ0n) is 37.1. The molecule has 8 aromatic carbocycles. The fourth-order valence-electron chi connectivity index (χ4n) is 10.7. The number of hydrogen-bond donors (Lipinski definition) is 0. The first-order valence-corrected chi connectivity index (χ1v) is 23.0. The number of fused-ring (bicyclic) bond motifs is 12. The first kappa shape index (κ1) is 38.8. The van der Waals surface area contributed by atoms with Crippen LogP contribution in [-0.2, 0) is 21.7 Å². The molecule has 0 saturated carbocycles. The summed E-state index contributed by atoms with van der Waals surface area (Å²) in [5.41, 5.74) is 21.4. The van der Waals surface area contributed by atoms with Gasteiger partial charge >= 0.3 is 0 Å². The molecule has 0 bridgehead atoms. The Morgan fingerprint density at radius 3 is 1.40 bits per heavy atom. The highest BCUT2D eigenvalue weighted by Gasteiger charge is 2.51. The predicted octanol–water partition coefficient (Wildman–Crippen LogP) is 16.6. The summed E-state index contributed by atoms with van der Waals surface area (Å²) in [7, 11) is 0. The summed E-state index contributed by atoms with van der Waals surface area (Å²) in [4.78, 5) is 5.16. The maximum absolute atomic E-state index is 2.55. The lowest BCUT2D eigenvalue weighted by Crippen LogP contribution is -2.33. The standard InChI is InChI=1S/C60H53NS/c1-57(2,3)40-24-32-55-53(34-40)60(54-35-41(58(4,5)6)25-33-56(54)62-55)50-21-15-13-19-46(50)48-31-29-44(37-52(48)60)61(42-26-22-39(23-27-42)38-16-10-9-11-17-38)43-28-30-47-45-18-12-14-20-49(45)59(7,8)51(47)36-43/h9-37H,1-8H3. The molecule has 304 valence electrons. The van der Waals surface area contributed by atoms with Gasteiger partial charge in [-0.05, 0) is 137 Å². The molecule has 0 aromatic heterocycles. The van der Waals surface area contributed by atoms with E-state index in [0.717, 1.165) is 17.1 Å². The van der Waals surface area contributed by atoms with E-state index in [1.165, 1.54) is 87.7 Å². The maximum Gasteiger partial charge on any atom is 0.0736 e. The van der Waals surface area contributed by atoms with Crippen LogP contribution in [0.1, 0.15) is 99.9 Å². The third-order valence-electron chi connectivity index (χ3n) is 14.1. The van der Waals surface area contributed by atoms with Crippen molar-refractivity contribution in [3.05, 3.63) is 220 Å². The van der Waals surface area contributed by atoms with Gasteiger partial charge in [0.25, 0.3) is 0 Å². The molecule has 1 nitrogen and oxygen atoms in total. The molecule has 3 aliphatic rings. The van der Waals surface area contributed by atoms with Crippen LogP contribution in [0.3, 0.4) is 0 Å². The first-order valence-electron chi connectivity index (χ1n) is 22.2. The van der Waals surface area contributed by atoms with Crippen molar-refractivity contribution in [1.29, 1.82) is 0 Å². The molecule has 1 heterocycles. The van der Waals surface area contributed by atoms with Crippen LogP contribution in [-0.4, -0.2) is 0 Å². The minimum atomic E-state index is -0.523. The Kier molecular flexibility index (Phi) is 8.58. The molecule has 0 saturated heterocycles. The van der Waals surface area contributed by atoms with Crippen molar-refractivity contribution in [3.8, 4) is 33.4 Å². The number of rotatable bonds is 4. The Labute approximate surface area is 372 Å². The van der Waals surface area contributed by atoms with E-state index in [0.29, 0.717) is 0 Å². The van der Waals surface area contributed by atoms with Crippen LogP contribution in [0.5, 0.6) is 0 Å². The van der Waals surface area contributed by atoms with Gasteiger partial charge in [0.05, 0.1) is 5.41 Å². The molecule has 1 aliphatic heterocycles. The topological polar surface area (TPSA) is 3.24 Å². The Hall–Kier alpha value is -6.09. The zero-order chi connectivity index (χ0) is 42.8. The van der Waals surface area contributed by atoms with Crippen LogP contribution in [0.2, 0.25) is 0 Å². The van der Waals surface area contributed by atoms with Gasteiger partial charge in [-0.25, -0.2) is 0 Å². The molecule has 1 spiro atoms. The fourth-order valence-corrected chi connectivity index (χ4v) is 11.9. The van der Waals surface area contributed by atoms with Crippen molar-refractivity contribution < 1.29 is 0 Å². The normalized spacial score (nSPS) is 15.0. The van der Waals surface area contributed by atoms with Gasteiger partial charge in [-0.15, -0.1) is 0 Å². The van der Waals surface area contributed by atoms with Crippen molar-refractivity contribution in [2.45, 2.75) is 86.8 Å². The lowest BCUT2D eigenvalue weighted by molar-refractivity contribution is 0.581. The summed E-state index contributed by atoms with van der Waals surface area (Å²) in [5, 5.41) is 0. The SMILES string of the molecule is CC(C)(C)c1ccc2c(c1)C1(c3cc(C(C)(C)C)ccc3S2)c2ccccc2-c2ccc(N(c3ccc(-c4ccccc4)cc3)c3ccc4c(c3)C(C)(C)c3ccccc3-4)cc21. The molecule has 8 aromatic rings. The lowest BCUT2D eigenvalue weighted by atomic mass is 9.65. The van der Waals surface area contributed by atoms with Gasteiger partial charge in [-0.2, -0.15) is 0 Å². The first-order chi connectivity index (χ1) is 29.7. The van der Waals surface area contributed by atoms with Crippen molar-refractivity contribution in [3.63, 3.8) is 0 Å². The van der Waals surface area contributed by atoms with E-state index in [-0.39, 0.29) is 16.2 Å². The lowest BCUT2D eigenvalue weighted by Gasteiger charge is -2.41. The fraction of sp³-hybridized carbons (Fsp3) is 0.200. The Morgan fingerprint density at radius 2 is 0.823 bits per heavy atom. The monoisotopic (exact) mass is 819 g/mol. The Balaban J connectivity index is 1.19. The van der Waals surface area contributed by atoms with E-state index in [1.807, 2.05) is 11.8 Å². The molecule has 0 N–H and O–H groups in total. The largest absolute Gasteiger partial charge is 0.310 e. The molecular weight excluding hydrogens is 767 g/mol. The minimum absolute atomic E-state index is 0.0130. The van der Waals surface area contributed by atoms with Gasteiger partial charge in [0, 0.05) is 32.3 Å². The van der Waals surface area contributed by atoms with E-state index in [2.05, 4.69) is 236 Å². The van der Waals surface area contributed by atoms with Gasteiger partial charge in [0.2, 0.25) is 0 Å². The zero-order valence-corrected chi connectivity index (χ0v) is 37.9. The summed E-state index contributed by atoms with van der Waals surface area (Å²) in [6.07, 6.45) is 0. The Bertz CT molecular complexity index is 3020. The van der Waals surface area contributed by atoms with E-state index < -0.39 is 5.41 Å². The second-order valence-corrected chi connectivity index (χ2v) is 21.3. The van der Waals surface area contributed by atoms with Crippen molar-refractivity contribution in [2.75, 3.05) is 4.90 Å². The smallest absolute Gasteiger partial charge is 0.0736 e. The van der Waals surface area contributed by atoms with Gasteiger partial charge in [-0.1, -0.05) is 195 Å². The van der Waals surface area contributed by atoms with E-state index in [9.17, 15) is 0 Å². The molecule has 2 aliphatic carbocycles. The molecule has 0 radical (unpaired) electrons. The second-order valence-electron chi connectivity index (χ2n) is 20.2. The van der Waals surface area contributed by atoms with Crippen LogP contribution in [0.25, 0.3) is 33.4 Å². The molecule has 0 unspecified atom stereocenters. The molecule has 0 amide bonds. The average Bonchev–Trinajstić information content (AvgIpc) is 3.68. The van der Waals surface area contributed by atoms with Gasteiger partial charge in [0.1, 0.15) is 0 Å². The van der Waals surface area contributed by atoms with Crippen molar-refractivity contribution in [1.82, 2.24) is 0 Å². The predicted molar refractivity (Wildman–Crippen MR) is 263 cm³/mol. The number of nitrogens with zero attached hydrogens (tertiary/aromatic N) is 1. The molecule has 62 heavy (non-hydrogen) atoms. The van der Waals surface area contributed by atoms with Crippen molar-refractivity contribution >= 4 is 28.8 Å². The molecule has 11 rings (SSSR count). The summed E-state index contributed by atoms with van der Waals surface area (Å²) < 4.78 is 0. The highest BCUT2D eigenvalue weighted by molar-refractivity contribution is 7.99. The molecular formula is C60H53NS. The average molecular weight is 820 g/mol. The third kappa shape index (κ3) is 5.76. The van der Waals surface area contributed by atoms with Gasteiger partial charge < -0.3 is 4.90 Å². The highest BCUT2D eigenvalue weighted by atomic mass is 32.2. The van der Waals surface area contributed by atoms with Gasteiger partial charge in [-0.3, -0.25) is 0 Å². The quantitative estimate of drug-likeness (QED) is 0.174. The van der Waals surface area contributed by atoms with E-state index in [1.54, 1.807) is 0 Å². The van der Waals surface area contributed by atoms with Crippen molar-refractivity contribution in [2.24, 2.45) is 0 Å². The minimum Gasteiger partial charge on any atom is -0.310 e. The van der Waals surface area contributed by atoms with Crippen LogP contribution < -0.4 is 4.90 Å². The molecule has 0 atom stereocenters. The summed E-state index contributed by atoms with van der Waals surface area (Å²) >= 11 is 1.93. The summed E-state index contributed by atoms with van der Waals surface area (Å²) in [5.74, 6) is 0. The third-order valence-corrected chi connectivity index (χ3v) is 15.2. The molecule has 0 fully saturated rings. The number of hydrogen-bond acceptors (Lipinski definition) is 2. The Morgan fingerprint density at radius 1 is 0.371 bits per heavy atom. The summed E-state index contributed by atoms with van der Waals surface area (Å²) in [6, 6.07) is 67.2.